The van der Waals surface area contributed by atoms with Gasteiger partial charge in [0.1, 0.15) is 0 Å². The Kier molecular flexibility index (Phi) is 2.46. The molecule has 0 fully saturated rings. The van der Waals surface area contributed by atoms with Crippen LogP contribution in [0, 0.1) is 6.92 Å². The zero-order chi connectivity index (χ0) is 7.40. The molecule has 10 heavy (non-hydrogen) atoms. The van der Waals surface area contributed by atoms with E-state index in [1.165, 1.54) is 11.1 Å². The van der Waals surface area contributed by atoms with Crippen LogP contribution in [0.4, 0.5) is 0 Å². The Morgan fingerprint density at radius 1 is 1.30 bits per heavy atom. The van der Waals surface area contributed by atoms with Gasteiger partial charge in [-0.25, -0.2) is 5.11 Å². The molecule has 0 atom stereocenters. The largest absolute Gasteiger partial charge is 0.236 e. The first-order chi connectivity index (χ1) is 4.84. The third-order valence-electron chi connectivity index (χ3n) is 1.63. The molecule has 1 aromatic rings. The fourth-order valence-electron chi connectivity index (χ4n) is 1.00. The van der Waals surface area contributed by atoms with Gasteiger partial charge in [0.25, 0.3) is 0 Å². The predicted molar refractivity (Wildman–Crippen MR) is 40.4 cm³/mol. The maximum absolute atomic E-state index is 10.3. The van der Waals surface area contributed by atoms with Crippen molar-refractivity contribution >= 4 is 0 Å². The zero-order valence-electron chi connectivity index (χ0n) is 6.13. The van der Waals surface area contributed by atoms with Crippen LogP contribution in [0.3, 0.4) is 0 Å². The molecular weight excluding hydrogens is 124 g/mol. The van der Waals surface area contributed by atoms with Crippen molar-refractivity contribution in [3.63, 3.8) is 0 Å². The first-order valence-electron chi connectivity index (χ1n) is 3.47. The van der Waals surface area contributed by atoms with Gasteiger partial charge in [0.2, 0.25) is 0 Å². The molecule has 0 aliphatic rings. The molecule has 53 valence electrons. The van der Waals surface area contributed by atoms with Gasteiger partial charge in [-0.2, -0.15) is 0 Å². The summed E-state index contributed by atoms with van der Waals surface area (Å²) in [6.45, 7) is 2.02. The van der Waals surface area contributed by atoms with Crippen molar-refractivity contribution < 1.29 is 5.11 Å². The smallest absolute Gasteiger partial charge is 0.0862 e. The molecular formula is C9H11O. The van der Waals surface area contributed by atoms with E-state index in [2.05, 4.69) is 0 Å². The SMILES string of the molecule is Cc1ccccc1CC[O]. The van der Waals surface area contributed by atoms with E-state index in [1.54, 1.807) is 0 Å². The Morgan fingerprint density at radius 3 is 2.60 bits per heavy atom. The van der Waals surface area contributed by atoms with Crippen molar-refractivity contribution in [2.75, 3.05) is 6.61 Å². The zero-order valence-corrected chi connectivity index (χ0v) is 6.13. The topological polar surface area (TPSA) is 19.9 Å². The lowest BCUT2D eigenvalue weighted by atomic mass is 10.1. The Balaban J connectivity index is 2.81. The van der Waals surface area contributed by atoms with Crippen LogP contribution >= 0.6 is 0 Å². The Hall–Kier alpha value is -0.820. The molecule has 1 nitrogen and oxygen atoms in total. The summed E-state index contributed by atoms with van der Waals surface area (Å²) in [4.78, 5) is 0. The van der Waals surface area contributed by atoms with Crippen molar-refractivity contribution in [1.82, 2.24) is 0 Å². The van der Waals surface area contributed by atoms with Crippen molar-refractivity contribution in [1.29, 1.82) is 0 Å². The highest BCUT2D eigenvalue weighted by molar-refractivity contribution is 5.25. The number of hydrogen-bond donors (Lipinski definition) is 0. The quantitative estimate of drug-likeness (QED) is 0.590. The molecule has 1 radical (unpaired) electrons. The maximum atomic E-state index is 10.3. The fourth-order valence-corrected chi connectivity index (χ4v) is 1.00. The minimum Gasteiger partial charge on any atom is -0.236 e. The first-order valence-corrected chi connectivity index (χ1v) is 3.47. The van der Waals surface area contributed by atoms with E-state index < -0.39 is 0 Å². The van der Waals surface area contributed by atoms with Crippen molar-refractivity contribution in [3.05, 3.63) is 35.4 Å². The number of rotatable bonds is 2. The van der Waals surface area contributed by atoms with E-state index in [0.717, 1.165) is 0 Å². The van der Waals surface area contributed by atoms with Gasteiger partial charge < -0.3 is 0 Å². The standard InChI is InChI=1S/C9H11O/c1-8-4-2-3-5-9(8)6-7-10/h2-5H,6-7H2,1H3. The molecule has 0 aromatic heterocycles. The molecule has 0 heterocycles. The Labute approximate surface area is 61.3 Å². The minimum atomic E-state index is -0.00907. The van der Waals surface area contributed by atoms with Gasteiger partial charge in [-0.05, 0) is 24.5 Å². The summed E-state index contributed by atoms with van der Waals surface area (Å²) in [5, 5.41) is 10.3. The summed E-state index contributed by atoms with van der Waals surface area (Å²) in [5.41, 5.74) is 2.40. The summed E-state index contributed by atoms with van der Waals surface area (Å²) in [7, 11) is 0. The highest BCUT2D eigenvalue weighted by Crippen LogP contribution is 2.06. The minimum absolute atomic E-state index is 0.00907. The maximum Gasteiger partial charge on any atom is 0.0862 e. The third kappa shape index (κ3) is 1.58. The molecule has 1 rings (SSSR count). The summed E-state index contributed by atoms with van der Waals surface area (Å²) in [6, 6.07) is 8.00. The number of aryl methyl sites for hydroxylation is 1. The van der Waals surface area contributed by atoms with Crippen LogP contribution in [0.5, 0.6) is 0 Å². The lowest BCUT2D eigenvalue weighted by Gasteiger charge is -2.00. The lowest BCUT2D eigenvalue weighted by Crippen LogP contribution is -1.91. The molecule has 0 spiro atoms. The van der Waals surface area contributed by atoms with Crippen molar-refractivity contribution in [2.24, 2.45) is 0 Å². The average Bonchev–Trinajstić information content (AvgIpc) is 1.94. The molecule has 0 unspecified atom stereocenters. The highest BCUT2D eigenvalue weighted by Gasteiger charge is 1.93. The molecule has 0 bridgehead atoms. The van der Waals surface area contributed by atoms with E-state index in [-0.39, 0.29) is 6.61 Å². The second-order valence-electron chi connectivity index (χ2n) is 2.38. The molecule has 1 aromatic carbocycles. The normalized spacial score (nSPS) is 9.80. The Bertz CT molecular complexity index is 206. The van der Waals surface area contributed by atoms with Crippen molar-refractivity contribution in [2.45, 2.75) is 13.3 Å². The Morgan fingerprint density at radius 2 is 2.00 bits per heavy atom. The van der Waals surface area contributed by atoms with Gasteiger partial charge in [0.05, 0.1) is 6.61 Å². The summed E-state index contributed by atoms with van der Waals surface area (Å²) in [5.74, 6) is 0. The molecule has 0 saturated carbocycles. The van der Waals surface area contributed by atoms with Gasteiger partial charge in [-0.3, -0.25) is 0 Å². The molecule has 0 aliphatic heterocycles. The molecule has 0 saturated heterocycles. The van der Waals surface area contributed by atoms with Crippen LogP contribution < -0.4 is 0 Å². The van der Waals surface area contributed by atoms with E-state index in [9.17, 15) is 5.11 Å². The molecule has 1 heteroatoms. The van der Waals surface area contributed by atoms with Gasteiger partial charge in [-0.15, -0.1) is 0 Å². The van der Waals surface area contributed by atoms with E-state index >= 15 is 0 Å². The van der Waals surface area contributed by atoms with Gasteiger partial charge >= 0.3 is 0 Å². The summed E-state index contributed by atoms with van der Waals surface area (Å²) in [6.07, 6.45) is 0.659. The molecule has 0 N–H and O–H groups in total. The monoisotopic (exact) mass is 135 g/mol. The van der Waals surface area contributed by atoms with Crippen LogP contribution in [-0.4, -0.2) is 6.61 Å². The molecule has 0 aliphatic carbocycles. The number of hydrogen-bond acceptors (Lipinski definition) is 0. The lowest BCUT2D eigenvalue weighted by molar-refractivity contribution is 0.197. The van der Waals surface area contributed by atoms with Crippen molar-refractivity contribution in [3.8, 4) is 0 Å². The summed E-state index contributed by atoms with van der Waals surface area (Å²) >= 11 is 0. The van der Waals surface area contributed by atoms with Crippen LogP contribution in [0.25, 0.3) is 0 Å². The van der Waals surface area contributed by atoms with Crippen LogP contribution in [0.1, 0.15) is 11.1 Å². The van der Waals surface area contributed by atoms with Crippen LogP contribution in [0.2, 0.25) is 0 Å². The first kappa shape index (κ1) is 7.29. The predicted octanol–water partition coefficient (Wildman–Crippen LogP) is 1.97. The van der Waals surface area contributed by atoms with E-state index in [4.69, 9.17) is 0 Å². The van der Waals surface area contributed by atoms with Crippen LogP contribution in [-0.2, 0) is 11.5 Å². The highest BCUT2D eigenvalue weighted by atomic mass is 16.2. The van der Waals surface area contributed by atoms with Gasteiger partial charge in [-0.1, -0.05) is 24.3 Å². The fraction of sp³-hybridized carbons (Fsp3) is 0.333. The van der Waals surface area contributed by atoms with E-state index in [1.807, 2.05) is 31.2 Å². The van der Waals surface area contributed by atoms with Crippen LogP contribution in [0.15, 0.2) is 24.3 Å². The van der Waals surface area contributed by atoms with E-state index in [0.29, 0.717) is 6.42 Å². The van der Waals surface area contributed by atoms with Gasteiger partial charge in [0, 0.05) is 0 Å². The number of benzene rings is 1. The molecule has 0 amide bonds. The third-order valence-corrected chi connectivity index (χ3v) is 1.63. The second kappa shape index (κ2) is 3.37. The second-order valence-corrected chi connectivity index (χ2v) is 2.38. The average molecular weight is 135 g/mol. The van der Waals surface area contributed by atoms with Gasteiger partial charge in [0.15, 0.2) is 0 Å². The summed E-state index contributed by atoms with van der Waals surface area (Å²) < 4.78 is 0.